The Labute approximate surface area is 205 Å². The van der Waals surface area contributed by atoms with Crippen LogP contribution in [-0.2, 0) is 26.2 Å². The minimum atomic E-state index is -3.93. The topological polar surface area (TPSA) is 86.8 Å². The number of nitrogens with one attached hydrogen (secondary N) is 1. The van der Waals surface area contributed by atoms with Crippen molar-refractivity contribution in [1.29, 1.82) is 0 Å². The number of benzene rings is 2. The van der Waals surface area contributed by atoms with Crippen LogP contribution >= 0.6 is 23.2 Å². The van der Waals surface area contributed by atoms with Gasteiger partial charge in [0, 0.05) is 30.2 Å². The summed E-state index contributed by atoms with van der Waals surface area (Å²) in [6.45, 7) is 5.61. The predicted molar refractivity (Wildman–Crippen MR) is 131 cm³/mol. The molecule has 2 aromatic rings. The van der Waals surface area contributed by atoms with Gasteiger partial charge in [0.05, 0.1) is 11.4 Å². The van der Waals surface area contributed by atoms with Crippen LogP contribution in [0, 0.1) is 5.92 Å². The summed E-state index contributed by atoms with van der Waals surface area (Å²) in [4.78, 5) is 27.3. The number of carbonyl (C=O) groups is 2. The number of hydrogen-bond donors (Lipinski definition) is 1. The summed E-state index contributed by atoms with van der Waals surface area (Å²) < 4.78 is 26.8. The molecule has 0 bridgehead atoms. The van der Waals surface area contributed by atoms with E-state index in [4.69, 9.17) is 23.2 Å². The molecule has 7 nitrogen and oxygen atoms in total. The molecule has 0 fully saturated rings. The van der Waals surface area contributed by atoms with Gasteiger partial charge < -0.3 is 10.2 Å². The van der Waals surface area contributed by atoms with E-state index in [0.717, 1.165) is 4.31 Å². The zero-order valence-corrected chi connectivity index (χ0v) is 21.4. The van der Waals surface area contributed by atoms with Crippen molar-refractivity contribution in [1.82, 2.24) is 14.5 Å². The molecule has 0 aliphatic heterocycles. The van der Waals surface area contributed by atoms with E-state index in [0.29, 0.717) is 22.2 Å². The number of amides is 2. The van der Waals surface area contributed by atoms with Crippen LogP contribution in [0.4, 0.5) is 0 Å². The summed E-state index contributed by atoms with van der Waals surface area (Å²) in [5.41, 5.74) is 0.652. The Balaban J connectivity index is 2.27. The molecule has 2 aromatic carbocycles. The maximum absolute atomic E-state index is 13.3. The van der Waals surface area contributed by atoms with Gasteiger partial charge in [-0.15, -0.1) is 0 Å². The number of likely N-dealkylation sites (N-methyl/N-ethyl adjacent to an activating group) is 1. The third-order valence-electron chi connectivity index (χ3n) is 5.03. The molecule has 0 aromatic heterocycles. The summed E-state index contributed by atoms with van der Waals surface area (Å²) in [5, 5.41) is 3.68. The summed E-state index contributed by atoms with van der Waals surface area (Å²) in [6.07, 6.45) is 0. The number of rotatable bonds is 10. The molecule has 1 N–H and O–H groups in total. The lowest BCUT2D eigenvalue weighted by atomic mass is 10.1. The highest BCUT2D eigenvalue weighted by atomic mass is 35.5. The van der Waals surface area contributed by atoms with Crippen LogP contribution in [-0.4, -0.2) is 55.6 Å². The molecule has 0 spiro atoms. The molecule has 2 rings (SSSR count). The number of nitrogens with zero attached hydrogens (tertiary/aromatic N) is 2. The second kappa shape index (κ2) is 11.8. The standard InChI is InChI=1S/C23H29Cl2N3O4S/c1-16(2)13-26-23(30)17(3)28(14-18-7-5-6-8-21(18)25)22(29)15-27(4)33(31,32)20-11-9-19(24)10-12-20/h5-12,16-17H,13-15H2,1-4H3,(H,26,30)/t17-/m0/s1. The molecule has 10 heteroatoms. The van der Waals surface area contributed by atoms with Gasteiger partial charge in [0.15, 0.2) is 0 Å². The monoisotopic (exact) mass is 513 g/mol. The fourth-order valence-corrected chi connectivity index (χ4v) is 4.44. The first-order valence-electron chi connectivity index (χ1n) is 10.5. The lowest BCUT2D eigenvalue weighted by Gasteiger charge is -2.30. The van der Waals surface area contributed by atoms with Gasteiger partial charge in [-0.05, 0) is 48.7 Å². The van der Waals surface area contributed by atoms with Crippen LogP contribution < -0.4 is 5.32 Å². The fourth-order valence-electron chi connectivity index (χ4n) is 3.00. The zero-order valence-electron chi connectivity index (χ0n) is 19.1. The van der Waals surface area contributed by atoms with Gasteiger partial charge in [-0.3, -0.25) is 9.59 Å². The Morgan fingerprint density at radius 2 is 1.61 bits per heavy atom. The van der Waals surface area contributed by atoms with Crippen molar-refractivity contribution in [2.45, 2.75) is 38.3 Å². The second-order valence-electron chi connectivity index (χ2n) is 8.14. The molecule has 0 unspecified atom stereocenters. The first-order chi connectivity index (χ1) is 15.4. The summed E-state index contributed by atoms with van der Waals surface area (Å²) in [7, 11) is -2.61. The lowest BCUT2D eigenvalue weighted by Crippen LogP contribution is -2.51. The zero-order chi connectivity index (χ0) is 24.8. The normalized spacial score (nSPS) is 12.6. The van der Waals surface area contributed by atoms with Gasteiger partial charge in [0.1, 0.15) is 6.04 Å². The molecule has 0 heterocycles. The molecule has 0 saturated carbocycles. The average Bonchev–Trinajstić information content (AvgIpc) is 2.76. The van der Waals surface area contributed by atoms with Crippen LogP contribution in [0.2, 0.25) is 10.0 Å². The first-order valence-corrected chi connectivity index (χ1v) is 12.7. The van der Waals surface area contributed by atoms with E-state index in [-0.39, 0.29) is 23.3 Å². The Kier molecular flexibility index (Phi) is 9.72. The Hall–Kier alpha value is -2.13. The summed E-state index contributed by atoms with van der Waals surface area (Å²) >= 11 is 12.1. The number of hydrogen-bond acceptors (Lipinski definition) is 4. The van der Waals surface area contributed by atoms with Crippen LogP contribution in [0.1, 0.15) is 26.3 Å². The molecule has 0 saturated heterocycles. The van der Waals surface area contributed by atoms with Crippen molar-refractivity contribution < 1.29 is 18.0 Å². The van der Waals surface area contributed by atoms with Crippen LogP contribution in [0.5, 0.6) is 0 Å². The molecule has 0 aliphatic carbocycles. The Morgan fingerprint density at radius 3 is 2.18 bits per heavy atom. The van der Waals surface area contributed by atoms with E-state index in [9.17, 15) is 18.0 Å². The van der Waals surface area contributed by atoms with Crippen molar-refractivity contribution in [3.05, 3.63) is 64.1 Å². The average molecular weight is 514 g/mol. The lowest BCUT2D eigenvalue weighted by molar-refractivity contribution is -0.140. The summed E-state index contributed by atoms with van der Waals surface area (Å²) in [6, 6.07) is 11.9. The minimum absolute atomic E-state index is 0.0163. The minimum Gasteiger partial charge on any atom is -0.354 e. The van der Waals surface area contributed by atoms with E-state index in [2.05, 4.69) is 5.32 Å². The van der Waals surface area contributed by atoms with Crippen molar-refractivity contribution in [3.8, 4) is 0 Å². The first kappa shape index (κ1) is 27.1. The highest BCUT2D eigenvalue weighted by molar-refractivity contribution is 7.89. The van der Waals surface area contributed by atoms with Crippen molar-refractivity contribution in [3.63, 3.8) is 0 Å². The fraction of sp³-hybridized carbons (Fsp3) is 0.391. The highest BCUT2D eigenvalue weighted by Gasteiger charge is 2.30. The third kappa shape index (κ3) is 7.43. The maximum Gasteiger partial charge on any atom is 0.243 e. The van der Waals surface area contributed by atoms with E-state index in [1.165, 1.54) is 36.2 Å². The highest BCUT2D eigenvalue weighted by Crippen LogP contribution is 2.21. The molecule has 33 heavy (non-hydrogen) atoms. The van der Waals surface area contributed by atoms with E-state index >= 15 is 0 Å². The quantitative estimate of drug-likeness (QED) is 0.523. The van der Waals surface area contributed by atoms with Gasteiger partial charge in [-0.2, -0.15) is 4.31 Å². The second-order valence-corrected chi connectivity index (χ2v) is 11.0. The van der Waals surface area contributed by atoms with E-state index in [1.807, 2.05) is 13.8 Å². The van der Waals surface area contributed by atoms with Crippen LogP contribution in [0.25, 0.3) is 0 Å². The van der Waals surface area contributed by atoms with E-state index < -0.39 is 28.5 Å². The Morgan fingerprint density at radius 1 is 1.00 bits per heavy atom. The number of halogens is 2. The van der Waals surface area contributed by atoms with Crippen molar-refractivity contribution in [2.24, 2.45) is 5.92 Å². The largest absolute Gasteiger partial charge is 0.354 e. The smallest absolute Gasteiger partial charge is 0.243 e. The van der Waals surface area contributed by atoms with Crippen molar-refractivity contribution in [2.75, 3.05) is 20.1 Å². The van der Waals surface area contributed by atoms with Crippen molar-refractivity contribution >= 4 is 45.0 Å². The maximum atomic E-state index is 13.3. The van der Waals surface area contributed by atoms with Gasteiger partial charge in [0.2, 0.25) is 21.8 Å². The van der Waals surface area contributed by atoms with Gasteiger partial charge >= 0.3 is 0 Å². The molecular weight excluding hydrogens is 485 g/mol. The summed E-state index contributed by atoms with van der Waals surface area (Å²) in [5.74, 6) is -0.612. The Bertz CT molecular complexity index is 1080. The molecule has 1 atom stereocenters. The number of sulfonamides is 1. The third-order valence-corrected chi connectivity index (χ3v) is 7.47. The number of carbonyl (C=O) groups excluding carboxylic acids is 2. The molecule has 0 aliphatic rings. The van der Waals surface area contributed by atoms with Gasteiger partial charge in [-0.1, -0.05) is 55.2 Å². The van der Waals surface area contributed by atoms with Crippen LogP contribution in [0.3, 0.4) is 0 Å². The molecule has 0 radical (unpaired) electrons. The molecular formula is C23H29Cl2N3O4S. The van der Waals surface area contributed by atoms with Gasteiger partial charge in [0.25, 0.3) is 0 Å². The predicted octanol–water partition coefficient (Wildman–Crippen LogP) is 3.80. The van der Waals surface area contributed by atoms with Crippen LogP contribution in [0.15, 0.2) is 53.4 Å². The van der Waals surface area contributed by atoms with E-state index in [1.54, 1.807) is 31.2 Å². The SMILES string of the molecule is CC(C)CNC(=O)[C@H](C)N(Cc1ccccc1Cl)C(=O)CN(C)S(=O)(=O)c1ccc(Cl)cc1. The molecule has 180 valence electrons. The van der Waals surface area contributed by atoms with Gasteiger partial charge in [-0.25, -0.2) is 8.42 Å². The molecule has 2 amide bonds.